The van der Waals surface area contributed by atoms with Gasteiger partial charge in [-0.25, -0.2) is 9.37 Å². The number of aromatic nitrogens is 3. The van der Waals surface area contributed by atoms with Crippen molar-refractivity contribution in [2.75, 3.05) is 17.6 Å². The number of nitrogens with two attached hydrogens (primary N) is 1. The number of thiazole rings is 1. The molecular formula is C25H25ClF4N6O2S. The summed E-state index contributed by atoms with van der Waals surface area (Å²) >= 11 is 6.16. The summed E-state index contributed by atoms with van der Waals surface area (Å²) in [5, 5.41) is 8.87. The van der Waals surface area contributed by atoms with E-state index in [1.165, 1.54) is 22.9 Å². The minimum Gasteiger partial charge on any atom is -0.383 e. The van der Waals surface area contributed by atoms with Gasteiger partial charge in [0.2, 0.25) is 0 Å². The predicted octanol–water partition coefficient (Wildman–Crippen LogP) is 5.47. The first-order valence-electron chi connectivity index (χ1n) is 12.3. The van der Waals surface area contributed by atoms with Crippen molar-refractivity contribution in [1.82, 2.24) is 20.1 Å². The molecule has 8 nitrogen and oxygen atoms in total. The normalized spacial score (nSPS) is 22.6. The summed E-state index contributed by atoms with van der Waals surface area (Å²) < 4.78 is 53.3. The number of benzene rings is 1. The molecule has 2 heterocycles. The molecule has 0 radical (unpaired) electrons. The van der Waals surface area contributed by atoms with Crippen LogP contribution in [0.1, 0.15) is 62.3 Å². The number of aryl methyl sites for hydroxylation is 1. The predicted molar refractivity (Wildman–Crippen MR) is 138 cm³/mol. The number of halogens is 5. The Kier molecular flexibility index (Phi) is 7.31. The minimum atomic E-state index is -4.57. The number of hydrogen-bond acceptors (Lipinski definition) is 6. The van der Waals surface area contributed by atoms with Crippen LogP contribution in [0.5, 0.6) is 0 Å². The molecule has 14 heteroatoms. The monoisotopic (exact) mass is 584 g/mol. The number of nitrogen functional groups attached to an aromatic ring is 1. The number of amides is 2. The molecule has 0 spiro atoms. The van der Waals surface area contributed by atoms with E-state index in [1.807, 2.05) is 0 Å². The lowest BCUT2D eigenvalue weighted by Crippen LogP contribution is -2.28. The second-order valence-electron chi connectivity index (χ2n) is 10.1. The fourth-order valence-electron chi connectivity index (χ4n) is 5.81. The quantitative estimate of drug-likeness (QED) is 0.332. The molecule has 0 saturated heterocycles. The van der Waals surface area contributed by atoms with Gasteiger partial charge in [-0.15, -0.1) is 11.3 Å². The van der Waals surface area contributed by atoms with Crippen molar-refractivity contribution < 1.29 is 27.2 Å². The highest BCUT2D eigenvalue weighted by atomic mass is 35.5. The molecule has 4 N–H and O–H groups in total. The molecule has 2 aliphatic carbocycles. The van der Waals surface area contributed by atoms with Crippen LogP contribution in [0.25, 0.3) is 0 Å². The SMILES string of the molecule is Cn1nc(C2CC3CC(CNC(=O)c4cnc(C(F)(F)F)s4)CC3C2)c(C(=O)Nc2ccc(F)c(Cl)c2)c1N. The van der Waals surface area contributed by atoms with Crippen LogP contribution in [-0.4, -0.2) is 33.1 Å². The lowest BCUT2D eigenvalue weighted by Gasteiger charge is -2.15. The topological polar surface area (TPSA) is 115 Å². The molecule has 39 heavy (non-hydrogen) atoms. The number of rotatable bonds is 6. The summed E-state index contributed by atoms with van der Waals surface area (Å²) in [6.45, 7) is 0.375. The first kappa shape index (κ1) is 27.4. The Morgan fingerprint density at radius 2 is 1.87 bits per heavy atom. The molecule has 0 aliphatic heterocycles. The van der Waals surface area contributed by atoms with Crippen LogP contribution >= 0.6 is 22.9 Å². The first-order chi connectivity index (χ1) is 18.4. The number of carbonyl (C=O) groups excluding carboxylic acids is 2. The van der Waals surface area contributed by atoms with Crippen molar-refractivity contribution in [2.24, 2.45) is 24.8 Å². The van der Waals surface area contributed by atoms with Crippen molar-refractivity contribution in [1.29, 1.82) is 0 Å². The van der Waals surface area contributed by atoms with Crippen molar-refractivity contribution in [3.05, 3.63) is 56.4 Å². The van der Waals surface area contributed by atoms with Crippen molar-refractivity contribution >= 4 is 46.3 Å². The number of alkyl halides is 3. The lowest BCUT2D eigenvalue weighted by atomic mass is 9.93. The van der Waals surface area contributed by atoms with E-state index in [9.17, 15) is 27.2 Å². The van der Waals surface area contributed by atoms with Gasteiger partial charge in [-0.1, -0.05) is 11.6 Å². The molecule has 0 bridgehead atoms. The van der Waals surface area contributed by atoms with Crippen LogP contribution in [0.3, 0.4) is 0 Å². The maximum absolute atomic E-state index is 13.5. The maximum Gasteiger partial charge on any atom is 0.443 e. The Morgan fingerprint density at radius 3 is 2.49 bits per heavy atom. The van der Waals surface area contributed by atoms with Gasteiger partial charge in [0, 0.05) is 25.2 Å². The van der Waals surface area contributed by atoms with Gasteiger partial charge >= 0.3 is 6.18 Å². The zero-order chi connectivity index (χ0) is 28.1. The van der Waals surface area contributed by atoms with Crippen LogP contribution in [0.2, 0.25) is 5.02 Å². The number of anilines is 2. The Balaban J connectivity index is 1.20. The summed E-state index contributed by atoms with van der Waals surface area (Å²) in [7, 11) is 1.67. The summed E-state index contributed by atoms with van der Waals surface area (Å²) in [5.41, 5.74) is 7.44. The smallest absolute Gasteiger partial charge is 0.383 e. The van der Waals surface area contributed by atoms with Gasteiger partial charge in [-0.05, 0) is 61.6 Å². The molecule has 2 amide bonds. The Hall–Kier alpha value is -3.19. The van der Waals surface area contributed by atoms with Gasteiger partial charge in [0.25, 0.3) is 11.8 Å². The van der Waals surface area contributed by atoms with Gasteiger partial charge in [0.05, 0.1) is 16.9 Å². The number of nitrogens with zero attached hydrogens (tertiary/aromatic N) is 3. The maximum atomic E-state index is 13.5. The van der Waals surface area contributed by atoms with Gasteiger partial charge in [-0.2, -0.15) is 18.3 Å². The van der Waals surface area contributed by atoms with E-state index in [2.05, 4.69) is 20.7 Å². The van der Waals surface area contributed by atoms with Crippen LogP contribution < -0.4 is 16.4 Å². The summed E-state index contributed by atoms with van der Waals surface area (Å²) in [5.74, 6) is -0.405. The van der Waals surface area contributed by atoms with E-state index in [1.54, 1.807) is 7.05 Å². The summed E-state index contributed by atoms with van der Waals surface area (Å²) in [6.07, 6.45) is -0.300. The number of fused-ring (bicyclic) bond motifs is 1. The fourth-order valence-corrected chi connectivity index (χ4v) is 6.69. The molecule has 5 rings (SSSR count). The van der Waals surface area contributed by atoms with Crippen molar-refractivity contribution in [2.45, 2.75) is 37.8 Å². The third-order valence-electron chi connectivity index (χ3n) is 7.55. The summed E-state index contributed by atoms with van der Waals surface area (Å²) in [4.78, 5) is 28.7. The molecule has 2 fully saturated rings. The van der Waals surface area contributed by atoms with Crippen LogP contribution in [-0.2, 0) is 13.2 Å². The molecule has 2 atom stereocenters. The lowest BCUT2D eigenvalue weighted by molar-refractivity contribution is -0.137. The second kappa shape index (κ2) is 10.4. The van der Waals surface area contributed by atoms with Crippen LogP contribution in [0.15, 0.2) is 24.4 Å². The first-order valence-corrected chi connectivity index (χ1v) is 13.5. The highest BCUT2D eigenvalue weighted by Gasteiger charge is 2.44. The van der Waals surface area contributed by atoms with Crippen molar-refractivity contribution in [3.63, 3.8) is 0 Å². The molecule has 3 aromatic rings. The second-order valence-corrected chi connectivity index (χ2v) is 11.6. The molecule has 2 saturated carbocycles. The summed E-state index contributed by atoms with van der Waals surface area (Å²) in [6, 6.07) is 3.90. The van der Waals surface area contributed by atoms with E-state index in [0.29, 0.717) is 41.1 Å². The average Bonchev–Trinajstić information content (AvgIpc) is 3.63. The Morgan fingerprint density at radius 1 is 1.18 bits per heavy atom. The number of nitrogens with one attached hydrogen (secondary N) is 2. The standard InChI is InChI=1S/C25H25ClF4N6O2S/c1-36-21(31)19(23(38)34-15-2-3-17(27)16(26)8-15)20(35-36)14-6-12-4-11(5-13(12)7-14)9-32-22(37)18-10-33-24(39-18)25(28,29)30/h2-3,8,10-14H,4-7,9,31H2,1H3,(H,32,37)(H,34,38). The van der Waals surface area contributed by atoms with E-state index in [0.717, 1.165) is 31.9 Å². The van der Waals surface area contributed by atoms with Gasteiger partial charge in [0.1, 0.15) is 22.1 Å². The van der Waals surface area contributed by atoms with Crippen molar-refractivity contribution in [3.8, 4) is 0 Å². The third-order valence-corrected chi connectivity index (χ3v) is 8.88. The largest absolute Gasteiger partial charge is 0.443 e. The average molecular weight is 585 g/mol. The van der Waals surface area contributed by atoms with Crippen LogP contribution in [0, 0.1) is 23.6 Å². The van der Waals surface area contributed by atoms with Gasteiger partial charge in [-0.3, -0.25) is 14.3 Å². The highest BCUT2D eigenvalue weighted by molar-refractivity contribution is 7.13. The fraction of sp³-hybridized carbons (Fsp3) is 0.440. The molecule has 2 unspecified atom stereocenters. The van der Waals surface area contributed by atoms with Crippen LogP contribution in [0.4, 0.5) is 29.1 Å². The number of hydrogen-bond donors (Lipinski definition) is 3. The van der Waals surface area contributed by atoms with Gasteiger partial charge in [0.15, 0.2) is 5.01 Å². The zero-order valence-electron chi connectivity index (χ0n) is 20.7. The molecule has 2 aromatic heterocycles. The zero-order valence-corrected chi connectivity index (χ0v) is 22.3. The molecular weight excluding hydrogens is 560 g/mol. The molecule has 1 aromatic carbocycles. The van der Waals surface area contributed by atoms with E-state index < -0.39 is 28.8 Å². The minimum absolute atomic E-state index is 0.0228. The Bertz CT molecular complexity index is 1410. The Labute approximate surface area is 229 Å². The molecule has 2 aliphatic rings. The van der Waals surface area contributed by atoms with E-state index in [-0.39, 0.29) is 33.1 Å². The third kappa shape index (κ3) is 5.60. The molecule has 208 valence electrons. The number of carbonyl (C=O) groups is 2. The van der Waals surface area contributed by atoms with E-state index in [4.69, 9.17) is 17.3 Å². The van der Waals surface area contributed by atoms with Gasteiger partial charge < -0.3 is 16.4 Å². The van der Waals surface area contributed by atoms with E-state index >= 15 is 0 Å². The highest BCUT2D eigenvalue weighted by Crippen LogP contribution is 2.53.